The monoisotopic (exact) mass is 485 g/mol. The van der Waals surface area contributed by atoms with E-state index >= 15 is 0 Å². The number of anilines is 1. The van der Waals surface area contributed by atoms with Gasteiger partial charge in [0.25, 0.3) is 11.8 Å². The standard InChI is InChI=1S/C25H28ClN3O5/c1-3-27-23(30)13-16-9-10-20-22(34-16)14-33-21-11-8-15(12-18(21)25(32)29(20)2)28-24(31)17-6-4-5-7-19(17)26/h4-8,11-12,16,20,22H,3,9-10,13-14H2,1-2H3,(H,27,30)(H,28,31)/t16-,20+,22-/m0/s1. The van der Waals surface area contributed by atoms with E-state index in [0.29, 0.717) is 53.4 Å². The average Bonchev–Trinajstić information content (AvgIpc) is 2.82. The maximum Gasteiger partial charge on any atom is 0.257 e. The summed E-state index contributed by atoms with van der Waals surface area (Å²) in [4.78, 5) is 39.6. The Hall–Kier alpha value is -3.10. The molecule has 3 amide bonds. The second-order valence-electron chi connectivity index (χ2n) is 8.47. The molecule has 2 N–H and O–H groups in total. The molecule has 4 rings (SSSR count). The molecule has 2 aromatic rings. The Morgan fingerprint density at radius 2 is 1.97 bits per heavy atom. The summed E-state index contributed by atoms with van der Waals surface area (Å²) >= 11 is 6.13. The summed E-state index contributed by atoms with van der Waals surface area (Å²) in [6, 6.07) is 11.6. The molecule has 180 valence electrons. The first-order chi connectivity index (χ1) is 16.4. The minimum Gasteiger partial charge on any atom is -0.490 e. The van der Waals surface area contributed by atoms with Crippen molar-refractivity contribution < 1.29 is 23.9 Å². The zero-order chi connectivity index (χ0) is 24.2. The van der Waals surface area contributed by atoms with Gasteiger partial charge in [-0.25, -0.2) is 0 Å². The predicted octanol–water partition coefficient (Wildman–Crippen LogP) is 3.50. The third-order valence-electron chi connectivity index (χ3n) is 6.18. The fourth-order valence-corrected chi connectivity index (χ4v) is 4.65. The molecule has 1 fully saturated rings. The SMILES string of the molecule is CCNC(=O)C[C@@H]1CC[C@@H]2[C@H](COc3ccc(NC(=O)c4ccccc4Cl)cc3C(=O)N2C)O1. The van der Waals surface area contributed by atoms with Gasteiger partial charge in [0.15, 0.2) is 0 Å². The first-order valence-corrected chi connectivity index (χ1v) is 11.8. The molecule has 9 heteroatoms. The molecule has 2 aliphatic heterocycles. The zero-order valence-corrected chi connectivity index (χ0v) is 19.9. The lowest BCUT2D eigenvalue weighted by molar-refractivity contribution is -0.133. The average molecular weight is 486 g/mol. The molecule has 2 heterocycles. The van der Waals surface area contributed by atoms with Crippen LogP contribution in [0.4, 0.5) is 5.69 Å². The predicted molar refractivity (Wildman–Crippen MR) is 128 cm³/mol. The molecule has 0 aliphatic carbocycles. The van der Waals surface area contributed by atoms with E-state index in [1.165, 1.54) is 0 Å². The van der Waals surface area contributed by atoms with Gasteiger partial charge < -0.3 is 25.0 Å². The Morgan fingerprint density at radius 3 is 2.74 bits per heavy atom. The van der Waals surface area contributed by atoms with Crippen LogP contribution in [0.5, 0.6) is 5.75 Å². The number of nitrogens with one attached hydrogen (secondary N) is 2. The fraction of sp³-hybridized carbons (Fsp3) is 0.400. The number of hydrogen-bond donors (Lipinski definition) is 2. The normalized spacial score (nSPS) is 21.9. The smallest absolute Gasteiger partial charge is 0.257 e. The zero-order valence-electron chi connectivity index (χ0n) is 19.2. The van der Waals surface area contributed by atoms with Crippen LogP contribution in [0.25, 0.3) is 0 Å². The van der Waals surface area contributed by atoms with Crippen LogP contribution in [0, 0.1) is 0 Å². The van der Waals surface area contributed by atoms with Crippen molar-refractivity contribution in [3.63, 3.8) is 0 Å². The second-order valence-corrected chi connectivity index (χ2v) is 8.88. The van der Waals surface area contributed by atoms with Gasteiger partial charge >= 0.3 is 0 Å². The number of halogens is 1. The topological polar surface area (TPSA) is 97.0 Å². The van der Waals surface area contributed by atoms with Gasteiger partial charge in [-0.15, -0.1) is 0 Å². The van der Waals surface area contributed by atoms with Crippen LogP contribution < -0.4 is 15.4 Å². The lowest BCUT2D eigenvalue weighted by atomic mass is 9.94. The van der Waals surface area contributed by atoms with Crippen molar-refractivity contribution in [2.45, 2.75) is 44.4 Å². The number of benzene rings is 2. The Labute approximate surface area is 203 Å². The highest BCUT2D eigenvalue weighted by Gasteiger charge is 2.39. The van der Waals surface area contributed by atoms with Gasteiger partial charge in [-0.3, -0.25) is 14.4 Å². The maximum atomic E-state index is 13.3. The molecule has 1 saturated heterocycles. The van der Waals surface area contributed by atoms with Crippen LogP contribution in [0.1, 0.15) is 46.9 Å². The van der Waals surface area contributed by atoms with E-state index in [-0.39, 0.29) is 42.6 Å². The Balaban J connectivity index is 1.50. The number of nitrogens with zero attached hydrogens (tertiary/aromatic N) is 1. The molecular weight excluding hydrogens is 458 g/mol. The number of fused-ring (bicyclic) bond motifs is 2. The Bertz CT molecular complexity index is 1090. The third-order valence-corrected chi connectivity index (χ3v) is 6.50. The van der Waals surface area contributed by atoms with Gasteiger partial charge in [0.1, 0.15) is 18.5 Å². The number of ether oxygens (including phenoxy) is 2. The summed E-state index contributed by atoms with van der Waals surface area (Å²) in [5.41, 5.74) is 1.18. The van der Waals surface area contributed by atoms with E-state index in [2.05, 4.69) is 10.6 Å². The number of carbonyl (C=O) groups excluding carboxylic acids is 3. The van der Waals surface area contributed by atoms with Crippen LogP contribution in [0.3, 0.4) is 0 Å². The minimum atomic E-state index is -0.364. The van der Waals surface area contributed by atoms with Crippen molar-refractivity contribution in [3.05, 3.63) is 58.6 Å². The second kappa shape index (κ2) is 10.4. The van der Waals surface area contributed by atoms with Crippen LogP contribution in [0.2, 0.25) is 5.02 Å². The number of carbonyl (C=O) groups is 3. The van der Waals surface area contributed by atoms with E-state index in [4.69, 9.17) is 21.1 Å². The Kier molecular flexibility index (Phi) is 7.38. The molecule has 2 aliphatic rings. The van der Waals surface area contributed by atoms with E-state index in [9.17, 15) is 14.4 Å². The molecule has 0 radical (unpaired) electrons. The van der Waals surface area contributed by atoms with Gasteiger partial charge in [0, 0.05) is 19.3 Å². The molecule has 0 unspecified atom stereocenters. The van der Waals surface area contributed by atoms with E-state index in [1.807, 2.05) is 6.92 Å². The van der Waals surface area contributed by atoms with E-state index in [1.54, 1.807) is 54.4 Å². The number of hydrogen-bond acceptors (Lipinski definition) is 5. The van der Waals surface area contributed by atoms with Crippen LogP contribution >= 0.6 is 11.6 Å². The number of likely N-dealkylation sites (N-methyl/N-ethyl adjacent to an activating group) is 1. The maximum absolute atomic E-state index is 13.3. The van der Waals surface area contributed by atoms with E-state index in [0.717, 1.165) is 0 Å². The molecule has 0 saturated carbocycles. The lowest BCUT2D eigenvalue weighted by Crippen LogP contribution is -2.54. The van der Waals surface area contributed by atoms with Crippen molar-refractivity contribution in [2.75, 3.05) is 25.5 Å². The summed E-state index contributed by atoms with van der Waals surface area (Å²) in [5, 5.41) is 5.94. The summed E-state index contributed by atoms with van der Waals surface area (Å²) in [6.45, 7) is 2.71. The lowest BCUT2D eigenvalue weighted by Gasteiger charge is -2.42. The van der Waals surface area contributed by atoms with Crippen molar-refractivity contribution in [1.29, 1.82) is 0 Å². The first kappa shape index (κ1) is 24.0. The van der Waals surface area contributed by atoms with Gasteiger partial charge in [0.05, 0.1) is 34.7 Å². The van der Waals surface area contributed by atoms with Gasteiger partial charge in [-0.1, -0.05) is 23.7 Å². The molecule has 0 bridgehead atoms. The summed E-state index contributed by atoms with van der Waals surface area (Å²) in [5.74, 6) is -0.208. The van der Waals surface area contributed by atoms with Gasteiger partial charge in [-0.05, 0) is 50.1 Å². The highest BCUT2D eigenvalue weighted by atomic mass is 35.5. The highest BCUT2D eigenvalue weighted by Crippen LogP contribution is 2.32. The number of amides is 3. The molecule has 8 nitrogen and oxygen atoms in total. The van der Waals surface area contributed by atoms with Crippen molar-refractivity contribution in [2.24, 2.45) is 0 Å². The fourth-order valence-electron chi connectivity index (χ4n) is 4.43. The minimum absolute atomic E-state index is 0.0427. The molecule has 0 spiro atoms. The van der Waals surface area contributed by atoms with Crippen molar-refractivity contribution in [3.8, 4) is 5.75 Å². The Morgan fingerprint density at radius 1 is 1.18 bits per heavy atom. The first-order valence-electron chi connectivity index (χ1n) is 11.4. The van der Waals surface area contributed by atoms with E-state index < -0.39 is 0 Å². The molecule has 34 heavy (non-hydrogen) atoms. The molecular formula is C25H28ClN3O5. The van der Waals surface area contributed by atoms with Gasteiger partial charge in [-0.2, -0.15) is 0 Å². The molecule has 2 aromatic carbocycles. The van der Waals surface area contributed by atoms with Crippen LogP contribution in [-0.2, 0) is 9.53 Å². The summed E-state index contributed by atoms with van der Waals surface area (Å²) in [6.07, 6.45) is 1.13. The van der Waals surface area contributed by atoms with Crippen molar-refractivity contribution in [1.82, 2.24) is 10.2 Å². The summed E-state index contributed by atoms with van der Waals surface area (Å²) in [7, 11) is 1.75. The van der Waals surface area contributed by atoms with Crippen molar-refractivity contribution >= 4 is 35.0 Å². The largest absolute Gasteiger partial charge is 0.490 e. The number of rotatable bonds is 5. The van der Waals surface area contributed by atoms with Crippen LogP contribution in [-0.4, -0.2) is 61.1 Å². The summed E-state index contributed by atoms with van der Waals surface area (Å²) < 4.78 is 12.1. The molecule has 3 atom stereocenters. The third kappa shape index (κ3) is 5.18. The molecule has 0 aromatic heterocycles. The quantitative estimate of drug-likeness (QED) is 0.675. The highest BCUT2D eigenvalue weighted by molar-refractivity contribution is 6.34. The van der Waals surface area contributed by atoms with Gasteiger partial charge in [0.2, 0.25) is 5.91 Å². The van der Waals surface area contributed by atoms with Crippen LogP contribution in [0.15, 0.2) is 42.5 Å².